The van der Waals surface area contributed by atoms with Crippen molar-refractivity contribution in [2.45, 2.75) is 31.7 Å². The number of H-pyrrole nitrogens is 1. The fourth-order valence-electron chi connectivity index (χ4n) is 5.58. The Balaban J connectivity index is 1.20. The van der Waals surface area contributed by atoms with Gasteiger partial charge in [0.1, 0.15) is 5.75 Å². The van der Waals surface area contributed by atoms with Crippen molar-refractivity contribution in [3.8, 4) is 17.0 Å². The maximum absolute atomic E-state index is 6.51. The van der Waals surface area contributed by atoms with Gasteiger partial charge in [0.15, 0.2) is 0 Å². The number of benzene rings is 2. The first kappa shape index (κ1) is 23.1. The van der Waals surface area contributed by atoms with Crippen molar-refractivity contribution in [3.05, 3.63) is 59.9 Å². The Labute approximate surface area is 216 Å². The second kappa shape index (κ2) is 9.99. The van der Waals surface area contributed by atoms with Gasteiger partial charge in [0.25, 0.3) is 0 Å². The highest BCUT2D eigenvalue weighted by Gasteiger charge is 2.26. The Morgan fingerprint density at radius 3 is 2.67 bits per heavy atom. The number of anilines is 3. The number of hydrogen-bond donors (Lipinski definition) is 2. The first-order chi connectivity index (χ1) is 17.7. The van der Waals surface area contributed by atoms with Crippen LogP contribution in [0, 0.1) is 0 Å². The van der Waals surface area contributed by atoms with Crippen molar-refractivity contribution < 1.29 is 4.74 Å². The number of aromatic amines is 1. The number of methoxy groups -OCH3 is 1. The van der Waals surface area contributed by atoms with Gasteiger partial charge in [0.2, 0.25) is 5.95 Å². The molecule has 7 nitrogen and oxygen atoms in total. The number of hydrogen-bond acceptors (Lipinski definition) is 6. The molecule has 2 N–H and O–H groups in total. The molecule has 2 aromatic heterocycles. The second-order valence-electron chi connectivity index (χ2n) is 9.61. The first-order valence-corrected chi connectivity index (χ1v) is 13.1. The molecule has 6 rings (SSSR count). The third-order valence-corrected chi connectivity index (χ3v) is 7.78. The van der Waals surface area contributed by atoms with Crippen molar-refractivity contribution >= 4 is 39.8 Å². The van der Waals surface area contributed by atoms with Crippen LogP contribution in [-0.4, -0.2) is 59.2 Å². The Morgan fingerprint density at radius 1 is 1.06 bits per heavy atom. The Hall–Kier alpha value is -3.29. The second-order valence-corrected chi connectivity index (χ2v) is 10.0. The molecule has 2 aliphatic heterocycles. The lowest BCUT2D eigenvalue weighted by Gasteiger charge is -2.38. The average molecular weight is 503 g/mol. The number of ether oxygens (including phenoxy) is 1. The number of piperidine rings is 1. The molecule has 0 saturated carbocycles. The maximum atomic E-state index is 6.51. The zero-order valence-corrected chi connectivity index (χ0v) is 21.3. The smallest absolute Gasteiger partial charge is 0.227 e. The van der Waals surface area contributed by atoms with Crippen LogP contribution in [0.1, 0.15) is 25.7 Å². The molecule has 2 aromatic carbocycles. The summed E-state index contributed by atoms with van der Waals surface area (Å²) < 4.78 is 5.75. The maximum Gasteiger partial charge on any atom is 0.227 e. The molecule has 36 heavy (non-hydrogen) atoms. The monoisotopic (exact) mass is 502 g/mol. The summed E-state index contributed by atoms with van der Waals surface area (Å²) in [5, 5.41) is 4.91. The number of likely N-dealkylation sites (tertiary alicyclic amines) is 1. The van der Waals surface area contributed by atoms with Gasteiger partial charge in [-0.05, 0) is 57.0 Å². The summed E-state index contributed by atoms with van der Waals surface area (Å²) >= 11 is 6.51. The molecule has 0 bridgehead atoms. The van der Waals surface area contributed by atoms with Crippen LogP contribution in [0.5, 0.6) is 5.75 Å². The van der Waals surface area contributed by atoms with E-state index in [4.69, 9.17) is 21.3 Å². The van der Waals surface area contributed by atoms with Crippen molar-refractivity contribution in [1.82, 2.24) is 19.9 Å². The summed E-state index contributed by atoms with van der Waals surface area (Å²) in [7, 11) is 1.70. The highest BCUT2D eigenvalue weighted by Crippen LogP contribution is 2.35. The van der Waals surface area contributed by atoms with E-state index < -0.39 is 0 Å². The third-order valence-electron chi connectivity index (χ3n) is 7.51. The zero-order valence-electron chi connectivity index (χ0n) is 20.5. The van der Waals surface area contributed by atoms with Crippen LogP contribution in [0.25, 0.3) is 22.2 Å². The molecule has 0 radical (unpaired) electrons. The third kappa shape index (κ3) is 4.49. The quantitative estimate of drug-likeness (QED) is 0.332. The van der Waals surface area contributed by atoms with Crippen LogP contribution < -0.4 is 15.0 Å². The fraction of sp³-hybridized carbons (Fsp3) is 0.357. The topological polar surface area (TPSA) is 69.3 Å². The van der Waals surface area contributed by atoms with Crippen molar-refractivity contribution in [3.63, 3.8) is 0 Å². The first-order valence-electron chi connectivity index (χ1n) is 12.7. The molecule has 0 aliphatic carbocycles. The van der Waals surface area contributed by atoms with Gasteiger partial charge in [-0.25, -0.2) is 9.97 Å². The van der Waals surface area contributed by atoms with Crippen molar-refractivity contribution in [1.29, 1.82) is 0 Å². The van der Waals surface area contributed by atoms with E-state index in [1.807, 2.05) is 30.5 Å². The number of rotatable bonds is 6. The van der Waals surface area contributed by atoms with Gasteiger partial charge < -0.3 is 24.8 Å². The predicted octanol–water partition coefficient (Wildman–Crippen LogP) is 6.10. The largest absolute Gasteiger partial charge is 0.494 e. The minimum Gasteiger partial charge on any atom is -0.494 e. The molecule has 0 unspecified atom stereocenters. The van der Waals surface area contributed by atoms with Crippen molar-refractivity contribution in [2.24, 2.45) is 0 Å². The lowest BCUT2D eigenvalue weighted by molar-refractivity contribution is 0.208. The molecule has 2 aliphatic rings. The highest BCUT2D eigenvalue weighted by molar-refractivity contribution is 6.33. The highest BCUT2D eigenvalue weighted by atomic mass is 35.5. The number of nitrogens with one attached hydrogen (secondary N) is 2. The Bertz CT molecular complexity index is 1360. The summed E-state index contributed by atoms with van der Waals surface area (Å²) in [6.07, 6.45) is 8.72. The van der Waals surface area contributed by atoms with Crippen LogP contribution in [0.15, 0.2) is 54.9 Å². The van der Waals surface area contributed by atoms with Gasteiger partial charge in [-0.2, -0.15) is 0 Å². The number of aromatic nitrogens is 3. The fourth-order valence-corrected chi connectivity index (χ4v) is 5.77. The molecular formula is C28H31ClN6O. The van der Waals surface area contributed by atoms with Crippen LogP contribution in [0.4, 0.5) is 17.3 Å². The van der Waals surface area contributed by atoms with E-state index in [0.717, 1.165) is 47.0 Å². The van der Waals surface area contributed by atoms with E-state index in [2.05, 4.69) is 43.3 Å². The molecule has 4 heterocycles. The molecule has 8 heteroatoms. The Kier molecular flexibility index (Phi) is 6.42. The summed E-state index contributed by atoms with van der Waals surface area (Å²) in [6.45, 7) is 4.69. The van der Waals surface area contributed by atoms with Crippen LogP contribution in [0.2, 0.25) is 5.02 Å². The van der Waals surface area contributed by atoms with Gasteiger partial charge in [-0.3, -0.25) is 0 Å². The normalized spacial score (nSPS) is 17.1. The lowest BCUT2D eigenvalue weighted by atomic mass is 10.0. The van der Waals surface area contributed by atoms with E-state index in [9.17, 15) is 0 Å². The summed E-state index contributed by atoms with van der Waals surface area (Å²) in [5.41, 5.74) is 4.68. The van der Waals surface area contributed by atoms with Gasteiger partial charge >= 0.3 is 0 Å². The lowest BCUT2D eigenvalue weighted by Crippen LogP contribution is -2.43. The molecule has 0 atom stereocenters. The van der Waals surface area contributed by atoms with E-state index in [1.165, 1.54) is 44.5 Å². The molecule has 0 amide bonds. The minimum absolute atomic E-state index is 0.470. The van der Waals surface area contributed by atoms with Gasteiger partial charge in [-0.15, -0.1) is 0 Å². The molecule has 2 saturated heterocycles. The van der Waals surface area contributed by atoms with Crippen LogP contribution >= 0.6 is 11.6 Å². The minimum atomic E-state index is 0.470. The van der Waals surface area contributed by atoms with Gasteiger partial charge in [-0.1, -0.05) is 29.8 Å². The number of halogens is 1. The predicted molar refractivity (Wildman–Crippen MR) is 147 cm³/mol. The van der Waals surface area contributed by atoms with Gasteiger partial charge in [0.05, 0.1) is 29.7 Å². The zero-order chi connectivity index (χ0) is 24.5. The molecule has 2 fully saturated rings. The average Bonchev–Trinajstić information content (AvgIpc) is 3.61. The van der Waals surface area contributed by atoms with E-state index in [1.54, 1.807) is 13.3 Å². The van der Waals surface area contributed by atoms with Crippen molar-refractivity contribution in [2.75, 3.05) is 43.5 Å². The summed E-state index contributed by atoms with van der Waals surface area (Å²) in [6, 6.07) is 15.1. The number of para-hydroxylation sites is 1. The van der Waals surface area contributed by atoms with Gasteiger partial charge in [0, 0.05) is 53.5 Å². The van der Waals surface area contributed by atoms with E-state index in [-0.39, 0.29) is 0 Å². The van der Waals surface area contributed by atoms with E-state index in [0.29, 0.717) is 16.7 Å². The number of nitrogens with zero attached hydrogens (tertiary/aromatic N) is 4. The number of fused-ring (bicyclic) bond motifs is 1. The standard InChI is InChI=1S/C28H31ClN6O/c1-36-26-16-20(35-14-10-19(11-15-35)34-12-4-5-13-34)8-9-25(26)32-28-31-18-23(29)27(33-28)22-17-30-24-7-3-2-6-21(22)24/h2-3,6-9,16-19,30H,4-5,10-15H2,1H3,(H,31,32,33). The molecule has 0 spiro atoms. The summed E-state index contributed by atoms with van der Waals surface area (Å²) in [5.74, 6) is 1.23. The molecule has 4 aromatic rings. The van der Waals surface area contributed by atoms with Crippen LogP contribution in [-0.2, 0) is 0 Å². The Morgan fingerprint density at radius 2 is 1.86 bits per heavy atom. The SMILES string of the molecule is COc1cc(N2CCC(N3CCCC3)CC2)ccc1Nc1ncc(Cl)c(-c2c[nH]c3ccccc23)n1. The van der Waals surface area contributed by atoms with Crippen LogP contribution in [0.3, 0.4) is 0 Å². The molecular weight excluding hydrogens is 472 g/mol. The van der Waals surface area contributed by atoms with E-state index >= 15 is 0 Å². The summed E-state index contributed by atoms with van der Waals surface area (Å²) in [4.78, 5) is 17.6. The molecule has 186 valence electrons.